The first-order valence-corrected chi connectivity index (χ1v) is 6.70. The number of anilines is 1. The summed E-state index contributed by atoms with van der Waals surface area (Å²) in [5.74, 6) is -0.318. The van der Waals surface area contributed by atoms with Crippen LogP contribution < -0.4 is 5.32 Å². The number of aromatic nitrogens is 1. The maximum absolute atomic E-state index is 13.0. The van der Waals surface area contributed by atoms with Crippen molar-refractivity contribution in [3.63, 3.8) is 0 Å². The fourth-order valence-corrected chi connectivity index (χ4v) is 2.58. The normalized spacial score (nSPS) is 11.6. The van der Waals surface area contributed by atoms with E-state index in [0.29, 0.717) is 12.2 Å². The van der Waals surface area contributed by atoms with E-state index in [4.69, 9.17) is 0 Å². The Morgan fingerprint density at radius 3 is 2.67 bits per heavy atom. The number of hydrogen-bond acceptors (Lipinski definition) is 3. The molecule has 0 bridgehead atoms. The van der Waals surface area contributed by atoms with E-state index in [1.807, 2.05) is 0 Å². The van der Waals surface area contributed by atoms with E-state index in [1.165, 1.54) is 22.0 Å². The fourth-order valence-electron chi connectivity index (χ4n) is 1.57. The van der Waals surface area contributed by atoms with E-state index >= 15 is 0 Å². The van der Waals surface area contributed by atoms with Crippen LogP contribution in [0.3, 0.4) is 0 Å². The molecule has 96 valence electrons. The molecule has 18 heavy (non-hydrogen) atoms. The summed E-state index contributed by atoms with van der Waals surface area (Å²) in [6.07, 6.45) is 2.83. The van der Waals surface area contributed by atoms with E-state index in [0.717, 1.165) is 0 Å². The Hall–Kier alpha value is -1.42. The summed E-state index contributed by atoms with van der Waals surface area (Å²) in [6.45, 7) is 7.30. The standard InChI is InChI=1S/C14H17FN2S/c1-14(2,3)13-5-4-12(18-13)9-17-11-6-10(15)7-16-8-11/h4-8,17H,9H2,1-3H3. The number of nitrogens with one attached hydrogen (secondary N) is 1. The topological polar surface area (TPSA) is 24.9 Å². The quantitative estimate of drug-likeness (QED) is 0.899. The number of thiophene rings is 1. The lowest BCUT2D eigenvalue weighted by Gasteiger charge is -2.15. The fraction of sp³-hybridized carbons (Fsp3) is 0.357. The lowest BCUT2D eigenvalue weighted by atomic mass is 9.95. The SMILES string of the molecule is CC(C)(C)c1ccc(CNc2cncc(F)c2)s1. The Balaban J connectivity index is 2.01. The summed E-state index contributed by atoms with van der Waals surface area (Å²) in [5.41, 5.74) is 0.893. The van der Waals surface area contributed by atoms with Crippen LogP contribution in [0.25, 0.3) is 0 Å². The van der Waals surface area contributed by atoms with Crippen LogP contribution in [0.15, 0.2) is 30.6 Å². The average Bonchev–Trinajstić information content (AvgIpc) is 2.74. The predicted molar refractivity (Wildman–Crippen MR) is 74.5 cm³/mol. The third kappa shape index (κ3) is 3.29. The second kappa shape index (κ2) is 5.06. The molecule has 0 saturated heterocycles. The first kappa shape index (κ1) is 13.0. The lowest BCUT2D eigenvalue weighted by molar-refractivity contribution is 0.604. The third-order valence-electron chi connectivity index (χ3n) is 2.57. The highest BCUT2D eigenvalue weighted by Gasteiger charge is 2.15. The molecule has 2 aromatic heterocycles. The van der Waals surface area contributed by atoms with Crippen LogP contribution in [-0.2, 0) is 12.0 Å². The summed E-state index contributed by atoms with van der Waals surface area (Å²) in [7, 11) is 0. The molecule has 2 heterocycles. The summed E-state index contributed by atoms with van der Waals surface area (Å²) in [6, 6.07) is 5.72. The highest BCUT2D eigenvalue weighted by molar-refractivity contribution is 7.12. The van der Waals surface area contributed by atoms with Crippen molar-refractivity contribution in [1.29, 1.82) is 0 Å². The van der Waals surface area contributed by atoms with Crippen molar-refractivity contribution < 1.29 is 4.39 Å². The Bertz CT molecular complexity index is 529. The van der Waals surface area contributed by atoms with Gasteiger partial charge in [-0.2, -0.15) is 0 Å². The second-order valence-corrected chi connectivity index (χ2v) is 6.43. The van der Waals surface area contributed by atoms with Gasteiger partial charge in [-0.05, 0) is 17.5 Å². The summed E-state index contributed by atoms with van der Waals surface area (Å²) >= 11 is 1.79. The van der Waals surface area contributed by atoms with Crippen LogP contribution in [0.4, 0.5) is 10.1 Å². The van der Waals surface area contributed by atoms with Crippen molar-refractivity contribution in [3.05, 3.63) is 46.2 Å². The summed E-state index contributed by atoms with van der Waals surface area (Å²) < 4.78 is 13.0. The van der Waals surface area contributed by atoms with Gasteiger partial charge in [0.1, 0.15) is 5.82 Å². The number of halogens is 1. The van der Waals surface area contributed by atoms with Crippen LogP contribution in [0.2, 0.25) is 0 Å². The van der Waals surface area contributed by atoms with Crippen LogP contribution in [0.1, 0.15) is 30.5 Å². The van der Waals surface area contributed by atoms with Gasteiger partial charge in [0.15, 0.2) is 0 Å². The van der Waals surface area contributed by atoms with Crippen molar-refractivity contribution >= 4 is 17.0 Å². The van der Waals surface area contributed by atoms with Gasteiger partial charge in [0.05, 0.1) is 18.1 Å². The van der Waals surface area contributed by atoms with E-state index < -0.39 is 0 Å². The van der Waals surface area contributed by atoms with E-state index in [2.05, 4.69) is 43.2 Å². The molecule has 0 aliphatic carbocycles. The Labute approximate surface area is 111 Å². The minimum atomic E-state index is -0.318. The highest BCUT2D eigenvalue weighted by Crippen LogP contribution is 2.29. The molecule has 0 saturated carbocycles. The van der Waals surface area contributed by atoms with E-state index in [1.54, 1.807) is 17.5 Å². The molecular formula is C14H17FN2S. The molecule has 0 spiro atoms. The monoisotopic (exact) mass is 264 g/mol. The van der Waals surface area contributed by atoms with Crippen LogP contribution in [0.5, 0.6) is 0 Å². The van der Waals surface area contributed by atoms with Gasteiger partial charge < -0.3 is 5.32 Å². The van der Waals surface area contributed by atoms with Gasteiger partial charge in [0.25, 0.3) is 0 Å². The Kier molecular flexibility index (Phi) is 3.66. The molecule has 0 fully saturated rings. The molecule has 0 radical (unpaired) electrons. The maximum Gasteiger partial charge on any atom is 0.143 e. The van der Waals surface area contributed by atoms with Crippen molar-refractivity contribution in [3.8, 4) is 0 Å². The molecule has 0 unspecified atom stereocenters. The van der Waals surface area contributed by atoms with Crippen molar-refractivity contribution in [2.24, 2.45) is 0 Å². The molecule has 0 aliphatic rings. The maximum atomic E-state index is 13.0. The van der Waals surface area contributed by atoms with Crippen molar-refractivity contribution in [1.82, 2.24) is 4.98 Å². The first-order chi connectivity index (χ1) is 8.45. The molecule has 2 rings (SSSR count). The minimum absolute atomic E-state index is 0.184. The zero-order valence-electron chi connectivity index (χ0n) is 10.8. The van der Waals surface area contributed by atoms with E-state index in [-0.39, 0.29) is 11.2 Å². The molecule has 0 atom stereocenters. The number of pyridine rings is 1. The van der Waals surface area contributed by atoms with Gasteiger partial charge in [0.2, 0.25) is 0 Å². The van der Waals surface area contributed by atoms with Crippen molar-refractivity contribution in [2.75, 3.05) is 5.32 Å². The average molecular weight is 264 g/mol. The van der Waals surface area contributed by atoms with Crippen LogP contribution in [-0.4, -0.2) is 4.98 Å². The molecule has 2 nitrogen and oxygen atoms in total. The molecule has 4 heteroatoms. The van der Waals surface area contributed by atoms with Gasteiger partial charge in [-0.15, -0.1) is 11.3 Å². The predicted octanol–water partition coefficient (Wildman–Crippen LogP) is 4.19. The van der Waals surface area contributed by atoms with Gasteiger partial charge >= 0.3 is 0 Å². The minimum Gasteiger partial charge on any atom is -0.379 e. The van der Waals surface area contributed by atoms with Crippen LogP contribution in [0, 0.1) is 5.82 Å². The Morgan fingerprint density at radius 1 is 1.28 bits per heavy atom. The van der Waals surface area contributed by atoms with E-state index in [9.17, 15) is 4.39 Å². The van der Waals surface area contributed by atoms with Gasteiger partial charge in [-0.25, -0.2) is 4.39 Å². The molecule has 0 aromatic carbocycles. The third-order valence-corrected chi connectivity index (χ3v) is 4.08. The number of hydrogen-bond donors (Lipinski definition) is 1. The van der Waals surface area contributed by atoms with Gasteiger partial charge in [-0.3, -0.25) is 4.98 Å². The number of nitrogens with zero attached hydrogens (tertiary/aromatic N) is 1. The second-order valence-electron chi connectivity index (χ2n) is 5.26. The summed E-state index contributed by atoms with van der Waals surface area (Å²) in [4.78, 5) is 6.40. The van der Waals surface area contributed by atoms with Gasteiger partial charge in [-0.1, -0.05) is 20.8 Å². The first-order valence-electron chi connectivity index (χ1n) is 5.89. The molecule has 2 aromatic rings. The van der Waals surface area contributed by atoms with Crippen LogP contribution >= 0.6 is 11.3 Å². The number of rotatable bonds is 3. The van der Waals surface area contributed by atoms with Gasteiger partial charge in [0, 0.05) is 22.4 Å². The Morgan fingerprint density at radius 2 is 2.06 bits per heavy atom. The lowest BCUT2D eigenvalue weighted by Crippen LogP contribution is -2.07. The largest absolute Gasteiger partial charge is 0.379 e. The molecule has 1 N–H and O–H groups in total. The zero-order valence-corrected chi connectivity index (χ0v) is 11.6. The smallest absolute Gasteiger partial charge is 0.143 e. The molecular weight excluding hydrogens is 247 g/mol. The highest BCUT2D eigenvalue weighted by atomic mass is 32.1. The molecule has 0 amide bonds. The van der Waals surface area contributed by atoms with Crippen molar-refractivity contribution in [2.45, 2.75) is 32.7 Å². The molecule has 0 aliphatic heterocycles. The summed E-state index contributed by atoms with van der Waals surface area (Å²) in [5, 5.41) is 3.17. The zero-order chi connectivity index (χ0) is 13.2.